The third-order valence-corrected chi connectivity index (χ3v) is 2.93. The molecule has 0 heterocycles. The molecule has 0 rings (SSSR count). The number of carbonyl (C=O) groups is 1. The molecule has 0 aromatic rings. The van der Waals surface area contributed by atoms with E-state index in [1.807, 2.05) is 0 Å². The summed E-state index contributed by atoms with van der Waals surface area (Å²) in [6.45, 7) is 2.19. The molecule has 1 atom stereocenters. The molecule has 0 radical (unpaired) electrons. The zero-order valence-corrected chi connectivity index (χ0v) is 14.0. The monoisotopic (exact) mass is 290 g/mol. The van der Waals surface area contributed by atoms with Crippen LogP contribution < -0.4 is 51.4 Å². The minimum atomic E-state index is -0.742. The fourth-order valence-electron chi connectivity index (χ4n) is 1.23. The van der Waals surface area contributed by atoms with Crippen LogP contribution in [0.25, 0.3) is 0 Å². The Balaban J connectivity index is -0.000000720. The minimum Gasteiger partial charge on any atom is -1.00 e. The first-order chi connectivity index (χ1) is 6.18. The van der Waals surface area contributed by atoms with Crippen LogP contribution in [0.2, 0.25) is 0 Å². The van der Waals surface area contributed by atoms with Crippen LogP contribution in [0, 0.1) is 0 Å². The number of hydrogen-bond donors (Lipinski definition) is 1. The fraction of sp³-hybridized carbons (Fsp3) is 0.900. The van der Waals surface area contributed by atoms with Crippen molar-refractivity contribution in [2.75, 3.05) is 0 Å². The molecule has 0 bridgehead atoms. The number of carboxylic acid groups (broad SMARTS) is 1. The van der Waals surface area contributed by atoms with E-state index in [1.165, 1.54) is 25.7 Å². The second-order valence-corrected chi connectivity index (χ2v) is 4.47. The molecule has 1 unspecified atom stereocenters. The van der Waals surface area contributed by atoms with Crippen LogP contribution in [-0.2, 0) is 4.79 Å². The van der Waals surface area contributed by atoms with E-state index in [4.69, 9.17) is 5.11 Å². The van der Waals surface area contributed by atoms with Gasteiger partial charge in [-0.05, 0) is 6.42 Å². The van der Waals surface area contributed by atoms with Crippen molar-refractivity contribution in [2.45, 2.75) is 56.7 Å². The molecular weight excluding hydrogens is 271 g/mol. The summed E-state index contributed by atoms with van der Waals surface area (Å²) in [6, 6.07) is 0. The van der Waals surface area contributed by atoms with Crippen LogP contribution in [0.4, 0.5) is 0 Å². The van der Waals surface area contributed by atoms with Gasteiger partial charge in [0.1, 0.15) is 4.83 Å². The van der Waals surface area contributed by atoms with Gasteiger partial charge in [-0.3, -0.25) is 4.79 Å². The summed E-state index contributed by atoms with van der Waals surface area (Å²) < 4.78 is 0. The predicted molar refractivity (Wildman–Crippen MR) is 59.5 cm³/mol. The van der Waals surface area contributed by atoms with Crippen molar-refractivity contribution in [1.82, 2.24) is 0 Å². The maximum absolute atomic E-state index is 10.4. The number of aliphatic carboxylic acids is 1. The number of unbranched alkanes of at least 4 members (excludes halogenated alkanes) is 5. The van der Waals surface area contributed by atoms with Crippen LogP contribution in [0.1, 0.15) is 53.3 Å². The van der Waals surface area contributed by atoms with Gasteiger partial charge in [0.05, 0.1) is 0 Å². The average Bonchev–Trinajstić information content (AvgIpc) is 2.10. The molecule has 0 amide bonds. The summed E-state index contributed by atoms with van der Waals surface area (Å²) in [4.78, 5) is 10.1. The molecule has 0 fully saturated rings. The third-order valence-electron chi connectivity index (χ3n) is 2.08. The Bertz CT molecular complexity index is 147. The minimum absolute atomic E-state index is 0. The van der Waals surface area contributed by atoms with E-state index in [-0.39, 0.29) is 57.6 Å². The van der Waals surface area contributed by atoms with Gasteiger partial charge in [-0.25, -0.2) is 0 Å². The number of rotatable bonds is 8. The maximum atomic E-state index is 10.4. The zero-order valence-electron chi connectivity index (χ0n) is 10.3. The summed E-state index contributed by atoms with van der Waals surface area (Å²) in [6.07, 6.45) is 8.03. The largest absolute Gasteiger partial charge is 1.00 e. The Hall–Kier alpha value is 1.59. The third kappa shape index (κ3) is 11.7. The quantitative estimate of drug-likeness (QED) is 0.406. The van der Waals surface area contributed by atoms with Crippen LogP contribution in [-0.4, -0.2) is 15.9 Å². The summed E-state index contributed by atoms with van der Waals surface area (Å²) in [5.41, 5.74) is 0. The van der Waals surface area contributed by atoms with E-state index < -0.39 is 5.97 Å². The summed E-state index contributed by atoms with van der Waals surface area (Å²) >= 11 is 3.13. The molecule has 4 heteroatoms. The van der Waals surface area contributed by atoms with Gasteiger partial charge < -0.3 is 6.53 Å². The molecule has 0 spiro atoms. The second-order valence-electron chi connectivity index (χ2n) is 3.36. The second kappa shape index (κ2) is 12.7. The van der Waals surface area contributed by atoms with Crippen molar-refractivity contribution in [2.24, 2.45) is 0 Å². The molecule has 80 valence electrons. The Morgan fingerprint density at radius 2 is 1.79 bits per heavy atom. The van der Waals surface area contributed by atoms with Crippen molar-refractivity contribution in [3.63, 3.8) is 0 Å². The smallest absolute Gasteiger partial charge is 1.00 e. The van der Waals surface area contributed by atoms with E-state index in [2.05, 4.69) is 22.9 Å². The van der Waals surface area contributed by atoms with E-state index in [0.29, 0.717) is 0 Å². The number of halogens is 1. The Morgan fingerprint density at radius 1 is 1.29 bits per heavy atom. The standard InChI is InChI=1S/C10H19BrO2.K.H/c1-2-3-4-5-6-7-8-9(11)10(12)13;;/h9H,2-8H2,1H3,(H,12,13);;/q;+1;-1. The van der Waals surface area contributed by atoms with Gasteiger partial charge in [-0.1, -0.05) is 61.4 Å². The van der Waals surface area contributed by atoms with Crippen molar-refractivity contribution in [3.05, 3.63) is 0 Å². The van der Waals surface area contributed by atoms with E-state index in [0.717, 1.165) is 19.3 Å². The molecule has 0 aromatic carbocycles. The Labute approximate surface area is 139 Å². The Morgan fingerprint density at radius 3 is 2.29 bits per heavy atom. The maximum Gasteiger partial charge on any atom is 1.00 e. The van der Waals surface area contributed by atoms with Crippen molar-refractivity contribution in [1.29, 1.82) is 0 Å². The van der Waals surface area contributed by atoms with Crippen molar-refractivity contribution in [3.8, 4) is 0 Å². The van der Waals surface area contributed by atoms with Gasteiger partial charge in [-0.2, -0.15) is 0 Å². The molecule has 0 aliphatic carbocycles. The number of alkyl halides is 1. The van der Waals surface area contributed by atoms with Gasteiger partial charge in [0.2, 0.25) is 0 Å². The van der Waals surface area contributed by atoms with Gasteiger partial charge in [0.25, 0.3) is 0 Å². The molecule has 0 aromatic heterocycles. The van der Waals surface area contributed by atoms with Gasteiger partial charge in [-0.15, -0.1) is 0 Å². The summed E-state index contributed by atoms with van der Waals surface area (Å²) in [7, 11) is 0. The van der Waals surface area contributed by atoms with Crippen LogP contribution >= 0.6 is 15.9 Å². The molecule has 0 aliphatic rings. The first kappa shape index (κ1) is 18.0. The van der Waals surface area contributed by atoms with Crippen molar-refractivity contribution >= 4 is 21.9 Å². The van der Waals surface area contributed by atoms with Gasteiger partial charge in [0.15, 0.2) is 0 Å². The molecule has 14 heavy (non-hydrogen) atoms. The normalized spacial score (nSPS) is 11.9. The Kier molecular flexibility index (Phi) is 16.2. The molecule has 1 N–H and O–H groups in total. The molecule has 0 saturated carbocycles. The fourth-order valence-corrected chi connectivity index (χ4v) is 1.55. The average molecular weight is 291 g/mol. The molecule has 0 saturated heterocycles. The van der Waals surface area contributed by atoms with E-state index in [9.17, 15) is 4.79 Å². The first-order valence-corrected chi connectivity index (χ1v) is 5.97. The molecule has 2 nitrogen and oxygen atoms in total. The zero-order chi connectivity index (χ0) is 10.1. The molecular formula is C10H20BrKO2. The van der Waals surface area contributed by atoms with Crippen LogP contribution in [0.15, 0.2) is 0 Å². The van der Waals surface area contributed by atoms with E-state index in [1.54, 1.807) is 0 Å². The van der Waals surface area contributed by atoms with Crippen molar-refractivity contribution < 1.29 is 62.7 Å². The first-order valence-electron chi connectivity index (χ1n) is 5.05. The number of hydrogen-bond acceptors (Lipinski definition) is 1. The van der Waals surface area contributed by atoms with Gasteiger partial charge >= 0.3 is 57.4 Å². The van der Waals surface area contributed by atoms with Gasteiger partial charge in [0, 0.05) is 0 Å². The van der Waals surface area contributed by atoms with Crippen LogP contribution in [0.3, 0.4) is 0 Å². The summed E-state index contributed by atoms with van der Waals surface area (Å²) in [5.74, 6) is -0.742. The topological polar surface area (TPSA) is 37.3 Å². The van der Waals surface area contributed by atoms with Crippen LogP contribution in [0.5, 0.6) is 0 Å². The SMILES string of the molecule is CCCCCCCCC(Br)C(=O)O.[H-].[K+]. The summed E-state index contributed by atoms with van der Waals surface area (Å²) in [5, 5.41) is 8.58. The predicted octanol–water partition coefficient (Wildman–Crippen LogP) is 0.702. The number of carboxylic acids is 1. The molecule has 0 aliphatic heterocycles. The van der Waals surface area contributed by atoms with E-state index >= 15 is 0 Å².